The van der Waals surface area contributed by atoms with E-state index in [0.29, 0.717) is 6.42 Å². The maximum Gasteiger partial charge on any atom is 0.242 e. The molecule has 0 aromatic heterocycles. The Kier molecular flexibility index (Phi) is 10.1. The van der Waals surface area contributed by atoms with Gasteiger partial charge in [-0.15, -0.1) is 0 Å². The van der Waals surface area contributed by atoms with E-state index < -0.39 is 16.1 Å². The van der Waals surface area contributed by atoms with Gasteiger partial charge in [-0.25, -0.2) is 12.7 Å². The zero-order valence-corrected chi connectivity index (χ0v) is 21.9. The number of benzene rings is 2. The van der Waals surface area contributed by atoms with Crippen molar-refractivity contribution in [2.75, 3.05) is 13.6 Å². The number of hydrogen-bond donors (Lipinski definition) is 1. The highest BCUT2D eigenvalue weighted by molar-refractivity contribution is 9.10. The highest BCUT2D eigenvalue weighted by Crippen LogP contribution is 2.18. The van der Waals surface area contributed by atoms with Crippen LogP contribution < -0.4 is 5.32 Å². The summed E-state index contributed by atoms with van der Waals surface area (Å²) in [4.78, 5) is 27.5. The molecule has 0 aliphatic carbocycles. The molecule has 2 aromatic rings. The largest absolute Gasteiger partial charge is 0.352 e. The Morgan fingerprint density at radius 1 is 1.03 bits per heavy atom. The Hall–Kier alpha value is -2.23. The van der Waals surface area contributed by atoms with Gasteiger partial charge in [0.2, 0.25) is 21.8 Å². The van der Waals surface area contributed by atoms with Crippen molar-refractivity contribution in [3.63, 3.8) is 0 Å². The molecular formula is C24H32BrN3O4S. The van der Waals surface area contributed by atoms with Crippen LogP contribution in [0.4, 0.5) is 0 Å². The fourth-order valence-electron chi connectivity index (χ4n) is 3.31. The second-order valence-electron chi connectivity index (χ2n) is 8.23. The predicted molar refractivity (Wildman–Crippen MR) is 133 cm³/mol. The standard InChI is InChI=1S/C24H32BrN3O4S/c1-18(2)26-24(30)19(3)28(17-20-10-8-11-21(25)16-20)23(29)14-9-15-27(4)33(31,32)22-12-6-5-7-13-22/h5-8,10-13,16,18-19H,9,14-15,17H2,1-4H3,(H,26,30)/t19-/m0/s1. The molecule has 180 valence electrons. The van der Waals surface area contributed by atoms with Gasteiger partial charge in [0.15, 0.2) is 0 Å². The first-order valence-electron chi connectivity index (χ1n) is 10.9. The van der Waals surface area contributed by atoms with Gasteiger partial charge in [-0.2, -0.15) is 0 Å². The van der Waals surface area contributed by atoms with Crippen LogP contribution in [0.1, 0.15) is 39.2 Å². The summed E-state index contributed by atoms with van der Waals surface area (Å²) in [6, 6.07) is 15.1. The third kappa shape index (κ3) is 7.94. The van der Waals surface area contributed by atoms with Gasteiger partial charge in [-0.1, -0.05) is 46.3 Å². The Morgan fingerprint density at radius 3 is 2.30 bits per heavy atom. The van der Waals surface area contributed by atoms with E-state index in [0.717, 1.165) is 10.0 Å². The number of rotatable bonds is 11. The van der Waals surface area contributed by atoms with Crippen LogP contribution in [-0.4, -0.2) is 55.1 Å². The molecule has 1 atom stereocenters. The summed E-state index contributed by atoms with van der Waals surface area (Å²) in [5.41, 5.74) is 0.894. The fraction of sp³-hybridized carbons (Fsp3) is 0.417. The lowest BCUT2D eigenvalue weighted by atomic mass is 10.1. The molecule has 0 bridgehead atoms. The Morgan fingerprint density at radius 2 is 1.70 bits per heavy atom. The van der Waals surface area contributed by atoms with E-state index >= 15 is 0 Å². The van der Waals surface area contributed by atoms with Crippen molar-refractivity contribution >= 4 is 37.8 Å². The van der Waals surface area contributed by atoms with Gasteiger partial charge < -0.3 is 10.2 Å². The third-order valence-electron chi connectivity index (χ3n) is 5.16. The zero-order chi connectivity index (χ0) is 24.6. The Balaban J connectivity index is 2.08. The molecule has 0 spiro atoms. The van der Waals surface area contributed by atoms with E-state index in [2.05, 4.69) is 21.2 Å². The first kappa shape index (κ1) is 27.0. The number of nitrogens with zero attached hydrogens (tertiary/aromatic N) is 2. The lowest BCUT2D eigenvalue weighted by Gasteiger charge is -2.29. The van der Waals surface area contributed by atoms with Crippen LogP contribution in [0.15, 0.2) is 64.0 Å². The normalized spacial score (nSPS) is 12.6. The first-order chi connectivity index (χ1) is 15.5. The molecule has 0 saturated heterocycles. The monoisotopic (exact) mass is 537 g/mol. The molecule has 7 nitrogen and oxygen atoms in total. The van der Waals surface area contributed by atoms with E-state index in [4.69, 9.17) is 0 Å². The van der Waals surface area contributed by atoms with Gasteiger partial charge in [0.05, 0.1) is 4.90 Å². The molecule has 2 aromatic carbocycles. The minimum Gasteiger partial charge on any atom is -0.352 e. The molecule has 33 heavy (non-hydrogen) atoms. The van der Waals surface area contributed by atoms with Gasteiger partial charge in [0.1, 0.15) is 6.04 Å². The maximum atomic E-state index is 13.1. The number of sulfonamides is 1. The van der Waals surface area contributed by atoms with Crippen molar-refractivity contribution in [2.24, 2.45) is 0 Å². The van der Waals surface area contributed by atoms with Crippen molar-refractivity contribution in [1.82, 2.24) is 14.5 Å². The lowest BCUT2D eigenvalue weighted by Crippen LogP contribution is -2.49. The predicted octanol–water partition coefficient (Wildman–Crippen LogP) is 3.79. The average Bonchev–Trinajstić information content (AvgIpc) is 2.77. The molecule has 0 fully saturated rings. The molecule has 0 aliphatic heterocycles. The van der Waals surface area contributed by atoms with Crippen LogP contribution in [0.5, 0.6) is 0 Å². The van der Waals surface area contributed by atoms with Gasteiger partial charge in [-0.05, 0) is 57.0 Å². The second-order valence-corrected chi connectivity index (χ2v) is 11.2. The summed E-state index contributed by atoms with van der Waals surface area (Å²) in [5.74, 6) is -0.427. The summed E-state index contributed by atoms with van der Waals surface area (Å²) < 4.78 is 27.5. The quantitative estimate of drug-likeness (QED) is 0.472. The van der Waals surface area contributed by atoms with Crippen LogP contribution in [0.2, 0.25) is 0 Å². The average molecular weight is 539 g/mol. The van der Waals surface area contributed by atoms with Crippen molar-refractivity contribution < 1.29 is 18.0 Å². The maximum absolute atomic E-state index is 13.1. The van der Waals surface area contributed by atoms with Crippen LogP contribution in [0.3, 0.4) is 0 Å². The summed E-state index contributed by atoms with van der Waals surface area (Å²) in [6.07, 6.45) is 0.469. The van der Waals surface area contributed by atoms with Crippen molar-refractivity contribution in [3.05, 3.63) is 64.6 Å². The van der Waals surface area contributed by atoms with E-state index in [9.17, 15) is 18.0 Å². The summed E-state index contributed by atoms with van der Waals surface area (Å²) >= 11 is 3.44. The minimum atomic E-state index is -3.61. The smallest absolute Gasteiger partial charge is 0.242 e. The third-order valence-corrected chi connectivity index (χ3v) is 7.52. The Bertz CT molecular complexity index is 1040. The fourth-order valence-corrected chi connectivity index (χ4v) is 4.99. The highest BCUT2D eigenvalue weighted by Gasteiger charge is 2.27. The number of carbonyl (C=O) groups excluding carboxylic acids is 2. The van der Waals surface area contributed by atoms with Gasteiger partial charge in [0.25, 0.3) is 0 Å². The van der Waals surface area contributed by atoms with Crippen molar-refractivity contribution in [1.29, 1.82) is 0 Å². The van der Waals surface area contributed by atoms with Crippen molar-refractivity contribution in [2.45, 2.75) is 57.1 Å². The molecule has 0 unspecified atom stereocenters. The van der Waals surface area contributed by atoms with Gasteiger partial charge >= 0.3 is 0 Å². The van der Waals surface area contributed by atoms with Crippen molar-refractivity contribution in [3.8, 4) is 0 Å². The van der Waals surface area contributed by atoms with Gasteiger partial charge in [0, 0.05) is 37.1 Å². The SMILES string of the molecule is CC(C)NC(=O)[C@H](C)N(Cc1cccc(Br)c1)C(=O)CCCN(C)S(=O)(=O)c1ccccc1. The number of hydrogen-bond acceptors (Lipinski definition) is 4. The molecule has 0 aliphatic rings. The van der Waals surface area contributed by atoms with Crippen LogP contribution >= 0.6 is 15.9 Å². The molecule has 1 N–H and O–H groups in total. The van der Waals surface area contributed by atoms with Crippen LogP contribution in [0.25, 0.3) is 0 Å². The highest BCUT2D eigenvalue weighted by atomic mass is 79.9. The molecule has 0 radical (unpaired) electrons. The van der Waals surface area contributed by atoms with E-state index in [1.54, 1.807) is 42.2 Å². The molecular weight excluding hydrogens is 506 g/mol. The summed E-state index contributed by atoms with van der Waals surface area (Å²) in [7, 11) is -2.11. The first-order valence-corrected chi connectivity index (χ1v) is 13.1. The molecule has 0 heterocycles. The lowest BCUT2D eigenvalue weighted by molar-refractivity contribution is -0.140. The number of carbonyl (C=O) groups is 2. The molecule has 9 heteroatoms. The van der Waals surface area contributed by atoms with E-state index in [1.165, 1.54) is 11.4 Å². The molecule has 0 saturated carbocycles. The Labute approximate surface area is 205 Å². The number of halogens is 1. The zero-order valence-electron chi connectivity index (χ0n) is 19.5. The number of nitrogens with one attached hydrogen (secondary N) is 1. The van der Waals surface area contributed by atoms with E-state index in [1.807, 2.05) is 38.1 Å². The summed E-state index contributed by atoms with van der Waals surface area (Å²) in [6.45, 7) is 5.92. The second kappa shape index (κ2) is 12.3. The van der Waals surface area contributed by atoms with E-state index in [-0.39, 0.29) is 42.3 Å². The number of amides is 2. The van der Waals surface area contributed by atoms with Gasteiger partial charge in [-0.3, -0.25) is 9.59 Å². The summed E-state index contributed by atoms with van der Waals surface area (Å²) in [5, 5.41) is 2.86. The molecule has 2 amide bonds. The topological polar surface area (TPSA) is 86.8 Å². The van der Waals surface area contributed by atoms with Crippen LogP contribution in [-0.2, 0) is 26.2 Å². The molecule has 2 rings (SSSR count). The minimum absolute atomic E-state index is 0.0420. The van der Waals surface area contributed by atoms with Crippen LogP contribution in [0, 0.1) is 0 Å².